The second-order valence-corrected chi connectivity index (χ2v) is 11.4. The maximum atomic E-state index is 13.8. The number of sulfonamides is 1. The Morgan fingerprint density at radius 2 is 1.76 bits per heavy atom. The molecule has 202 valence electrons. The summed E-state index contributed by atoms with van der Waals surface area (Å²) in [4.78, 5) is 28.2. The highest BCUT2D eigenvalue weighted by Gasteiger charge is 2.33. The summed E-state index contributed by atoms with van der Waals surface area (Å²) < 4.78 is 37.9. The van der Waals surface area contributed by atoms with E-state index in [4.69, 9.17) is 32.7 Å². The lowest BCUT2D eigenvalue weighted by atomic mass is 10.1. The first-order valence-corrected chi connectivity index (χ1v) is 14.4. The molecular formula is C25H31Cl2N3O6S. The number of amides is 2. The van der Waals surface area contributed by atoms with E-state index in [0.717, 1.165) is 10.7 Å². The van der Waals surface area contributed by atoms with Gasteiger partial charge in [0.05, 0.1) is 21.5 Å². The van der Waals surface area contributed by atoms with Gasteiger partial charge in [0.2, 0.25) is 28.6 Å². The predicted octanol–water partition coefficient (Wildman–Crippen LogP) is 4.21. The van der Waals surface area contributed by atoms with Gasteiger partial charge in [0.25, 0.3) is 0 Å². The zero-order valence-corrected chi connectivity index (χ0v) is 23.3. The van der Waals surface area contributed by atoms with Crippen molar-refractivity contribution in [1.82, 2.24) is 10.2 Å². The zero-order chi connectivity index (χ0) is 27.2. The van der Waals surface area contributed by atoms with Gasteiger partial charge >= 0.3 is 0 Å². The third kappa shape index (κ3) is 7.00. The summed E-state index contributed by atoms with van der Waals surface area (Å²) in [6.07, 6.45) is 1.06. The minimum Gasteiger partial charge on any atom is -0.454 e. The Balaban J connectivity index is 1.98. The molecule has 0 aromatic heterocycles. The van der Waals surface area contributed by atoms with Crippen LogP contribution in [0.25, 0.3) is 0 Å². The lowest BCUT2D eigenvalue weighted by Crippen LogP contribution is -2.52. The van der Waals surface area contributed by atoms with Crippen LogP contribution in [0.2, 0.25) is 10.0 Å². The van der Waals surface area contributed by atoms with Gasteiger partial charge in [0, 0.05) is 19.2 Å². The first kappa shape index (κ1) is 28.9. The molecule has 0 radical (unpaired) electrons. The summed E-state index contributed by atoms with van der Waals surface area (Å²) in [6.45, 7) is 5.24. The van der Waals surface area contributed by atoms with Crippen LogP contribution >= 0.6 is 23.2 Å². The second-order valence-electron chi connectivity index (χ2n) is 8.43. The summed E-state index contributed by atoms with van der Waals surface area (Å²) >= 11 is 12.2. The molecule has 0 saturated carbocycles. The van der Waals surface area contributed by atoms with E-state index in [2.05, 4.69) is 5.32 Å². The molecule has 0 unspecified atom stereocenters. The van der Waals surface area contributed by atoms with Gasteiger partial charge in [0.15, 0.2) is 11.5 Å². The van der Waals surface area contributed by atoms with Gasteiger partial charge in [-0.05, 0) is 49.6 Å². The number of carbonyl (C=O) groups is 2. The Labute approximate surface area is 227 Å². The highest BCUT2D eigenvalue weighted by Crippen LogP contribution is 2.36. The fourth-order valence-electron chi connectivity index (χ4n) is 3.88. The second kappa shape index (κ2) is 12.7. The molecule has 1 N–H and O–H groups in total. The molecule has 3 rings (SSSR count). The third-order valence-corrected chi connectivity index (χ3v) is 8.38. The van der Waals surface area contributed by atoms with Gasteiger partial charge in [-0.15, -0.1) is 0 Å². The molecule has 2 aromatic carbocycles. The minimum atomic E-state index is -3.86. The van der Waals surface area contributed by atoms with E-state index in [1.165, 1.54) is 17.9 Å². The van der Waals surface area contributed by atoms with Crippen molar-refractivity contribution >= 4 is 50.7 Å². The largest absolute Gasteiger partial charge is 0.454 e. The van der Waals surface area contributed by atoms with Crippen LogP contribution in [0.1, 0.15) is 39.2 Å². The first-order chi connectivity index (χ1) is 17.6. The molecule has 1 aliphatic heterocycles. The molecule has 9 nitrogen and oxygen atoms in total. The number of fused-ring (bicyclic) bond motifs is 1. The smallest absolute Gasteiger partial charge is 0.244 e. The molecule has 1 heterocycles. The molecule has 0 spiro atoms. The number of hydrogen-bond donors (Lipinski definition) is 1. The van der Waals surface area contributed by atoms with E-state index in [0.29, 0.717) is 40.1 Å². The fraction of sp³-hybridized carbons (Fsp3) is 0.440. The average Bonchev–Trinajstić information content (AvgIpc) is 3.35. The van der Waals surface area contributed by atoms with Gasteiger partial charge < -0.3 is 19.7 Å². The number of halogens is 2. The van der Waals surface area contributed by atoms with Crippen molar-refractivity contribution in [3.8, 4) is 11.5 Å². The summed E-state index contributed by atoms with van der Waals surface area (Å²) in [6, 6.07) is 8.81. The molecule has 37 heavy (non-hydrogen) atoms. The Morgan fingerprint density at radius 3 is 2.41 bits per heavy atom. The number of benzene rings is 2. The van der Waals surface area contributed by atoms with Gasteiger partial charge in [-0.1, -0.05) is 43.1 Å². The van der Waals surface area contributed by atoms with Gasteiger partial charge in [-0.3, -0.25) is 13.9 Å². The normalized spacial score (nSPS) is 13.2. The average molecular weight is 573 g/mol. The van der Waals surface area contributed by atoms with Crippen molar-refractivity contribution in [3.05, 3.63) is 52.0 Å². The molecular weight excluding hydrogens is 541 g/mol. The molecule has 1 aliphatic rings. The van der Waals surface area contributed by atoms with E-state index in [9.17, 15) is 18.0 Å². The number of rotatable bonds is 12. The highest BCUT2D eigenvalue weighted by atomic mass is 35.5. The van der Waals surface area contributed by atoms with Crippen LogP contribution in [0.15, 0.2) is 36.4 Å². The molecule has 1 atom stereocenters. The number of hydrogen-bond acceptors (Lipinski definition) is 6. The van der Waals surface area contributed by atoms with Gasteiger partial charge in [0.1, 0.15) is 12.6 Å². The Morgan fingerprint density at radius 1 is 1.03 bits per heavy atom. The number of ether oxygens (including phenoxy) is 2. The van der Waals surface area contributed by atoms with Crippen molar-refractivity contribution in [2.75, 3.05) is 29.9 Å². The van der Waals surface area contributed by atoms with Crippen LogP contribution in [0.3, 0.4) is 0 Å². The van der Waals surface area contributed by atoms with Gasteiger partial charge in [-0.25, -0.2) is 8.42 Å². The summed E-state index contributed by atoms with van der Waals surface area (Å²) in [5.74, 6) is -0.205. The Hall–Kier alpha value is -2.69. The molecule has 0 fully saturated rings. The van der Waals surface area contributed by atoms with Crippen molar-refractivity contribution in [2.24, 2.45) is 0 Å². The van der Waals surface area contributed by atoms with Gasteiger partial charge in [-0.2, -0.15) is 0 Å². The van der Waals surface area contributed by atoms with Crippen molar-refractivity contribution in [1.29, 1.82) is 0 Å². The summed E-state index contributed by atoms with van der Waals surface area (Å²) in [5.41, 5.74) is 0.912. The molecule has 0 bridgehead atoms. The van der Waals surface area contributed by atoms with E-state index in [1.54, 1.807) is 37.3 Å². The summed E-state index contributed by atoms with van der Waals surface area (Å²) in [5, 5.41) is 3.51. The standard InChI is InChI=1S/C25H31Cl2N3O6S/c1-4-11-28-25(32)21(5-2)29(14-17-7-9-19(26)20(27)12-17)24(31)15-30(37(33,34)6-3)18-8-10-22-23(13-18)36-16-35-22/h7-10,12-13,21H,4-6,11,14-16H2,1-3H3,(H,28,32)/t21-/m1/s1. The maximum Gasteiger partial charge on any atom is 0.244 e. The van der Waals surface area contributed by atoms with Crippen molar-refractivity contribution < 1.29 is 27.5 Å². The number of carbonyl (C=O) groups excluding carboxylic acids is 2. The summed E-state index contributed by atoms with van der Waals surface area (Å²) in [7, 11) is -3.86. The van der Waals surface area contributed by atoms with Crippen molar-refractivity contribution in [3.63, 3.8) is 0 Å². The SMILES string of the molecule is CCCNC(=O)[C@@H](CC)N(Cc1ccc(Cl)c(Cl)c1)C(=O)CN(c1ccc2c(c1)OCO2)S(=O)(=O)CC. The quantitative estimate of drug-likeness (QED) is 0.409. The van der Waals surface area contributed by atoms with Crippen LogP contribution in [0.5, 0.6) is 11.5 Å². The lowest BCUT2D eigenvalue weighted by Gasteiger charge is -2.33. The lowest BCUT2D eigenvalue weighted by molar-refractivity contribution is -0.140. The Bertz CT molecular complexity index is 1240. The monoisotopic (exact) mass is 571 g/mol. The van der Waals surface area contributed by atoms with Crippen LogP contribution in [0.4, 0.5) is 5.69 Å². The van der Waals surface area contributed by atoms with Crippen LogP contribution in [0, 0.1) is 0 Å². The maximum absolute atomic E-state index is 13.8. The number of nitrogens with zero attached hydrogens (tertiary/aromatic N) is 2. The minimum absolute atomic E-state index is 0.0285. The predicted molar refractivity (Wildman–Crippen MR) is 144 cm³/mol. The topological polar surface area (TPSA) is 105 Å². The zero-order valence-electron chi connectivity index (χ0n) is 21.0. The first-order valence-electron chi connectivity index (χ1n) is 12.0. The third-order valence-electron chi connectivity index (χ3n) is 5.90. The van der Waals surface area contributed by atoms with Crippen LogP contribution in [-0.2, 0) is 26.2 Å². The Kier molecular flexibility index (Phi) is 9.92. The van der Waals surface area contributed by atoms with E-state index in [-0.39, 0.29) is 30.7 Å². The molecule has 2 aromatic rings. The van der Waals surface area contributed by atoms with E-state index < -0.39 is 28.5 Å². The van der Waals surface area contributed by atoms with E-state index >= 15 is 0 Å². The van der Waals surface area contributed by atoms with E-state index in [1.807, 2.05) is 6.92 Å². The molecule has 12 heteroatoms. The van der Waals surface area contributed by atoms with Crippen LogP contribution in [-0.4, -0.2) is 56.8 Å². The molecule has 0 aliphatic carbocycles. The number of anilines is 1. The molecule has 2 amide bonds. The number of nitrogens with one attached hydrogen (secondary N) is 1. The highest BCUT2D eigenvalue weighted by molar-refractivity contribution is 7.92. The fourth-order valence-corrected chi connectivity index (χ4v) is 5.25. The van der Waals surface area contributed by atoms with Crippen LogP contribution < -0.4 is 19.1 Å². The van der Waals surface area contributed by atoms with Crippen molar-refractivity contribution in [2.45, 2.75) is 46.2 Å². The molecule has 0 saturated heterocycles.